The normalized spacial score (nSPS) is 17.3. The van der Waals surface area contributed by atoms with E-state index in [1.807, 2.05) is 0 Å². The molecule has 1 fully saturated rings. The Morgan fingerprint density at radius 1 is 1.09 bits per heavy atom. The third-order valence-corrected chi connectivity index (χ3v) is 4.62. The molecule has 22 heavy (non-hydrogen) atoms. The van der Waals surface area contributed by atoms with Crippen molar-refractivity contribution < 1.29 is 9.69 Å². The highest BCUT2D eigenvalue weighted by atomic mass is 16.2. The van der Waals surface area contributed by atoms with Crippen molar-refractivity contribution in [3.05, 3.63) is 48.0 Å². The molecular weight excluding hydrogens is 272 g/mol. The van der Waals surface area contributed by atoms with E-state index in [9.17, 15) is 4.79 Å². The lowest BCUT2D eigenvalue weighted by atomic mass is 10.0. The molecule has 0 aromatic heterocycles. The number of nitrogens with one attached hydrogen (secondary N) is 2. The summed E-state index contributed by atoms with van der Waals surface area (Å²) in [5, 5.41) is 5.61. The number of carbonyl (C=O) groups is 1. The highest BCUT2D eigenvalue weighted by Crippen LogP contribution is 2.20. The smallest absolute Gasteiger partial charge is 0.275 e. The Hall–Kier alpha value is -1.87. The van der Waals surface area contributed by atoms with E-state index in [2.05, 4.69) is 54.7 Å². The fourth-order valence-electron chi connectivity index (χ4n) is 3.31. The van der Waals surface area contributed by atoms with Crippen molar-refractivity contribution in [1.29, 1.82) is 0 Å². The lowest BCUT2D eigenvalue weighted by Crippen LogP contribution is -3.13. The molecule has 1 amide bonds. The van der Waals surface area contributed by atoms with Crippen LogP contribution in [0.5, 0.6) is 0 Å². The largest absolute Gasteiger partial charge is 0.345 e. The van der Waals surface area contributed by atoms with Crippen LogP contribution in [-0.4, -0.2) is 25.5 Å². The Balaban J connectivity index is 1.62. The van der Waals surface area contributed by atoms with Crippen molar-refractivity contribution in [2.45, 2.75) is 32.2 Å². The molecule has 1 saturated heterocycles. The second-order valence-electron chi connectivity index (χ2n) is 6.38. The number of quaternary nitrogens is 1. The Morgan fingerprint density at radius 2 is 1.82 bits per heavy atom. The first kappa shape index (κ1) is 15.0. The molecule has 0 spiro atoms. The number of hydrogen-bond acceptors (Lipinski definition) is 1. The number of carbonyl (C=O) groups excluding carboxylic acids is 1. The minimum absolute atomic E-state index is 0.0568. The maximum Gasteiger partial charge on any atom is 0.275 e. The first-order chi connectivity index (χ1) is 10.7. The van der Waals surface area contributed by atoms with Crippen LogP contribution in [0, 0.1) is 0 Å². The molecule has 3 nitrogen and oxygen atoms in total. The summed E-state index contributed by atoms with van der Waals surface area (Å²) in [5.74, 6) is 0.164. The molecule has 116 valence electrons. The molecule has 0 unspecified atom stereocenters. The first-order valence-electron chi connectivity index (χ1n) is 8.34. The van der Waals surface area contributed by atoms with E-state index in [-0.39, 0.29) is 11.9 Å². The van der Waals surface area contributed by atoms with Gasteiger partial charge in [-0.25, -0.2) is 0 Å². The summed E-state index contributed by atoms with van der Waals surface area (Å²) in [6, 6.07) is 14.8. The van der Waals surface area contributed by atoms with Crippen LogP contribution >= 0.6 is 0 Å². The van der Waals surface area contributed by atoms with Crippen molar-refractivity contribution in [1.82, 2.24) is 5.32 Å². The van der Waals surface area contributed by atoms with Gasteiger partial charge in [-0.2, -0.15) is 0 Å². The van der Waals surface area contributed by atoms with Gasteiger partial charge in [-0.3, -0.25) is 4.79 Å². The predicted molar refractivity (Wildman–Crippen MR) is 89.9 cm³/mol. The molecule has 3 heteroatoms. The number of likely N-dealkylation sites (tertiary alicyclic amines) is 1. The second kappa shape index (κ2) is 6.93. The van der Waals surface area contributed by atoms with Gasteiger partial charge < -0.3 is 10.2 Å². The summed E-state index contributed by atoms with van der Waals surface area (Å²) < 4.78 is 0. The minimum Gasteiger partial charge on any atom is -0.345 e. The van der Waals surface area contributed by atoms with E-state index < -0.39 is 0 Å². The van der Waals surface area contributed by atoms with E-state index in [0.717, 1.165) is 13.1 Å². The van der Waals surface area contributed by atoms with Gasteiger partial charge in [0.05, 0.1) is 19.1 Å². The number of piperidine rings is 1. The molecule has 1 heterocycles. The summed E-state index contributed by atoms with van der Waals surface area (Å²) in [4.78, 5) is 13.7. The van der Waals surface area contributed by atoms with Crippen LogP contribution in [0.4, 0.5) is 0 Å². The third kappa shape index (κ3) is 3.66. The molecule has 1 aliphatic heterocycles. The molecule has 0 radical (unpaired) electrons. The van der Waals surface area contributed by atoms with Crippen LogP contribution in [0.15, 0.2) is 42.5 Å². The average Bonchev–Trinajstić information content (AvgIpc) is 2.55. The van der Waals surface area contributed by atoms with E-state index in [4.69, 9.17) is 0 Å². The number of rotatable bonds is 4. The summed E-state index contributed by atoms with van der Waals surface area (Å²) >= 11 is 0. The molecule has 2 aromatic rings. The fraction of sp³-hybridized carbons (Fsp3) is 0.421. The number of amides is 1. The van der Waals surface area contributed by atoms with Gasteiger partial charge in [0.25, 0.3) is 5.91 Å². The van der Waals surface area contributed by atoms with Gasteiger partial charge in [-0.1, -0.05) is 36.4 Å². The minimum atomic E-state index is 0.0568. The van der Waals surface area contributed by atoms with Gasteiger partial charge in [-0.15, -0.1) is 0 Å². The molecule has 2 N–H and O–H groups in total. The summed E-state index contributed by atoms with van der Waals surface area (Å²) in [5.41, 5.74) is 1.17. The molecule has 2 aromatic carbocycles. The van der Waals surface area contributed by atoms with Gasteiger partial charge in [0, 0.05) is 0 Å². The Kier molecular flexibility index (Phi) is 4.74. The van der Waals surface area contributed by atoms with Crippen LogP contribution in [0.2, 0.25) is 0 Å². The molecule has 0 aliphatic carbocycles. The van der Waals surface area contributed by atoms with E-state index in [1.54, 1.807) is 0 Å². The SMILES string of the molecule is C[C@H](NC(=O)C[NH+]1CCCCC1)c1ccc2ccccc2c1. The van der Waals surface area contributed by atoms with Crippen molar-refractivity contribution in [3.63, 3.8) is 0 Å². The van der Waals surface area contributed by atoms with Crippen LogP contribution in [-0.2, 0) is 4.79 Å². The number of fused-ring (bicyclic) bond motifs is 1. The van der Waals surface area contributed by atoms with E-state index in [1.165, 1.54) is 40.5 Å². The number of hydrogen-bond donors (Lipinski definition) is 2. The molecule has 1 atom stereocenters. The lowest BCUT2D eigenvalue weighted by molar-refractivity contribution is -0.896. The first-order valence-corrected chi connectivity index (χ1v) is 8.34. The number of benzene rings is 2. The highest BCUT2D eigenvalue weighted by molar-refractivity contribution is 5.83. The molecule has 3 rings (SSSR count). The van der Waals surface area contributed by atoms with Crippen LogP contribution < -0.4 is 10.2 Å². The van der Waals surface area contributed by atoms with Crippen molar-refractivity contribution in [3.8, 4) is 0 Å². The lowest BCUT2D eigenvalue weighted by Gasteiger charge is -2.24. The Bertz CT molecular complexity index is 647. The Labute approximate surface area is 132 Å². The fourth-order valence-corrected chi connectivity index (χ4v) is 3.31. The van der Waals surface area contributed by atoms with Gasteiger partial charge in [-0.05, 0) is 48.6 Å². The van der Waals surface area contributed by atoms with Gasteiger partial charge in [0.2, 0.25) is 0 Å². The Morgan fingerprint density at radius 3 is 2.59 bits per heavy atom. The van der Waals surface area contributed by atoms with Crippen molar-refractivity contribution in [2.75, 3.05) is 19.6 Å². The van der Waals surface area contributed by atoms with Crippen LogP contribution in [0.3, 0.4) is 0 Å². The molecule has 1 aliphatic rings. The maximum absolute atomic E-state index is 12.2. The van der Waals surface area contributed by atoms with Crippen LogP contribution in [0.25, 0.3) is 10.8 Å². The van der Waals surface area contributed by atoms with Gasteiger partial charge in [0.1, 0.15) is 0 Å². The monoisotopic (exact) mass is 297 g/mol. The van der Waals surface area contributed by atoms with Gasteiger partial charge >= 0.3 is 0 Å². The zero-order chi connectivity index (χ0) is 15.4. The van der Waals surface area contributed by atoms with Crippen molar-refractivity contribution in [2.24, 2.45) is 0 Å². The quantitative estimate of drug-likeness (QED) is 0.890. The predicted octanol–water partition coefficient (Wildman–Crippen LogP) is 2.09. The second-order valence-corrected chi connectivity index (χ2v) is 6.38. The van der Waals surface area contributed by atoms with E-state index >= 15 is 0 Å². The van der Waals surface area contributed by atoms with Gasteiger partial charge in [0.15, 0.2) is 6.54 Å². The van der Waals surface area contributed by atoms with E-state index in [0.29, 0.717) is 6.54 Å². The summed E-state index contributed by atoms with van der Waals surface area (Å²) in [6.45, 7) is 4.95. The highest BCUT2D eigenvalue weighted by Gasteiger charge is 2.18. The molecular formula is C19H25N2O+. The topological polar surface area (TPSA) is 33.5 Å². The molecule has 0 saturated carbocycles. The van der Waals surface area contributed by atoms with Crippen molar-refractivity contribution >= 4 is 16.7 Å². The average molecular weight is 297 g/mol. The zero-order valence-corrected chi connectivity index (χ0v) is 13.3. The maximum atomic E-state index is 12.2. The zero-order valence-electron chi connectivity index (χ0n) is 13.3. The standard InChI is InChI=1S/C19H24N2O/c1-15(20-19(22)14-21-11-5-2-6-12-21)17-10-9-16-7-3-4-8-18(16)13-17/h3-4,7-10,13,15H,2,5-6,11-12,14H2,1H3,(H,20,22)/p+1/t15-/m0/s1. The third-order valence-electron chi connectivity index (χ3n) is 4.62. The molecule has 0 bridgehead atoms. The summed E-state index contributed by atoms with van der Waals surface area (Å²) in [7, 11) is 0. The van der Waals surface area contributed by atoms with Crippen LogP contribution in [0.1, 0.15) is 37.8 Å². The summed E-state index contributed by atoms with van der Waals surface area (Å²) in [6.07, 6.45) is 3.82.